The normalized spacial score (nSPS) is 28.5. The number of hydrogen-bond acceptors (Lipinski definition) is 4. The number of aromatic nitrogens is 1. The molecule has 4 heterocycles. The third-order valence-corrected chi connectivity index (χ3v) is 7.61. The molecule has 2 fully saturated rings. The first-order valence-electron chi connectivity index (χ1n) is 11.0. The van der Waals surface area contributed by atoms with Gasteiger partial charge in [-0.1, -0.05) is 48.0 Å². The van der Waals surface area contributed by atoms with Gasteiger partial charge in [0.25, 0.3) is 0 Å². The Hall–Kier alpha value is -3.02. The molecule has 0 bridgehead atoms. The number of anilines is 1. The van der Waals surface area contributed by atoms with E-state index < -0.39 is 11.5 Å². The van der Waals surface area contributed by atoms with E-state index in [1.807, 2.05) is 54.6 Å². The van der Waals surface area contributed by atoms with E-state index in [4.69, 9.17) is 11.6 Å². The van der Waals surface area contributed by atoms with Gasteiger partial charge in [-0.3, -0.25) is 19.5 Å². The number of nitrogens with zero attached hydrogens (tertiary/aromatic N) is 2. The Morgan fingerprint density at radius 1 is 1.06 bits per heavy atom. The lowest BCUT2D eigenvalue weighted by atomic mass is 9.69. The standard InChI is InChI=1S/C26H22ClN3O2/c27-17-12-10-16(11-13-17)22-21-9-5-15-30(21)26(18-6-1-2-7-19(18)29-25(26)32)23(22)24(31)20-8-3-4-14-28-20/h1-4,6-8,10-14,21-23H,5,9,15H2,(H,29,32)/t21-,22+,23+,26-/m1/s1. The van der Waals surface area contributed by atoms with Gasteiger partial charge in [0.1, 0.15) is 11.2 Å². The molecule has 4 atom stereocenters. The maximum atomic E-state index is 14.2. The molecule has 1 spiro atoms. The number of para-hydroxylation sites is 1. The third-order valence-electron chi connectivity index (χ3n) is 7.36. The maximum Gasteiger partial charge on any atom is 0.250 e. The highest BCUT2D eigenvalue weighted by molar-refractivity contribution is 6.30. The molecule has 1 N–H and O–H groups in total. The molecule has 3 aliphatic heterocycles. The smallest absolute Gasteiger partial charge is 0.250 e. The highest BCUT2D eigenvalue weighted by Crippen LogP contribution is 2.61. The summed E-state index contributed by atoms with van der Waals surface area (Å²) in [6.07, 6.45) is 3.57. The number of rotatable bonds is 3. The molecule has 6 heteroatoms. The number of amides is 1. The van der Waals surface area contributed by atoms with Crippen molar-refractivity contribution in [1.29, 1.82) is 0 Å². The molecule has 1 amide bonds. The molecule has 6 rings (SSSR count). The zero-order chi connectivity index (χ0) is 21.9. The maximum absolute atomic E-state index is 14.2. The number of carbonyl (C=O) groups is 2. The molecular formula is C26H22ClN3O2. The van der Waals surface area contributed by atoms with E-state index >= 15 is 0 Å². The lowest BCUT2D eigenvalue weighted by Gasteiger charge is -2.36. The number of benzene rings is 2. The van der Waals surface area contributed by atoms with Crippen LogP contribution in [0.5, 0.6) is 0 Å². The van der Waals surface area contributed by atoms with E-state index in [0.29, 0.717) is 10.7 Å². The highest BCUT2D eigenvalue weighted by atomic mass is 35.5. The van der Waals surface area contributed by atoms with Crippen LogP contribution in [-0.2, 0) is 10.3 Å². The van der Waals surface area contributed by atoms with Crippen LogP contribution in [0.25, 0.3) is 0 Å². The SMILES string of the molecule is O=C(c1ccccn1)[C@@H]1[C@@H](c2ccc(Cl)cc2)[C@H]2CCCN2[C@@]12C(=O)Nc1ccccc12. The summed E-state index contributed by atoms with van der Waals surface area (Å²) >= 11 is 6.18. The van der Waals surface area contributed by atoms with E-state index in [0.717, 1.165) is 36.2 Å². The van der Waals surface area contributed by atoms with Gasteiger partial charge in [0, 0.05) is 34.4 Å². The lowest BCUT2D eigenvalue weighted by Crippen LogP contribution is -2.53. The Labute approximate surface area is 191 Å². The molecule has 0 saturated carbocycles. The number of carbonyl (C=O) groups excluding carboxylic acids is 2. The monoisotopic (exact) mass is 443 g/mol. The lowest BCUT2D eigenvalue weighted by molar-refractivity contribution is -0.127. The third kappa shape index (κ3) is 2.58. The average molecular weight is 444 g/mol. The summed E-state index contributed by atoms with van der Waals surface area (Å²) < 4.78 is 0. The van der Waals surface area contributed by atoms with Crippen LogP contribution in [0.4, 0.5) is 5.69 Å². The fourth-order valence-corrected chi connectivity index (χ4v) is 6.37. The Balaban J connectivity index is 1.62. The summed E-state index contributed by atoms with van der Waals surface area (Å²) in [5.74, 6) is -0.933. The minimum Gasteiger partial charge on any atom is -0.324 e. The molecular weight excluding hydrogens is 422 g/mol. The van der Waals surface area contributed by atoms with E-state index in [9.17, 15) is 9.59 Å². The number of nitrogens with one attached hydrogen (secondary N) is 1. The number of hydrogen-bond donors (Lipinski definition) is 1. The second-order valence-corrected chi connectivity index (χ2v) is 9.24. The van der Waals surface area contributed by atoms with E-state index in [1.165, 1.54) is 0 Å². The van der Waals surface area contributed by atoms with Crippen LogP contribution in [0.1, 0.15) is 40.4 Å². The first kappa shape index (κ1) is 19.6. The minimum atomic E-state index is -1.04. The molecule has 3 aliphatic rings. The second kappa shape index (κ2) is 7.26. The van der Waals surface area contributed by atoms with Crippen molar-refractivity contribution in [3.05, 3.63) is 94.8 Å². The Morgan fingerprint density at radius 2 is 1.84 bits per heavy atom. The molecule has 3 aromatic rings. The van der Waals surface area contributed by atoms with Crippen molar-refractivity contribution in [1.82, 2.24) is 9.88 Å². The Morgan fingerprint density at radius 3 is 2.62 bits per heavy atom. The summed E-state index contributed by atoms with van der Waals surface area (Å²) in [7, 11) is 0. The van der Waals surface area contributed by atoms with Crippen LogP contribution in [0, 0.1) is 5.92 Å². The van der Waals surface area contributed by atoms with Gasteiger partial charge >= 0.3 is 0 Å². The van der Waals surface area contributed by atoms with E-state index in [2.05, 4.69) is 15.2 Å². The topological polar surface area (TPSA) is 62.3 Å². The Bertz CT molecular complexity index is 1210. The van der Waals surface area contributed by atoms with Gasteiger partial charge < -0.3 is 5.32 Å². The van der Waals surface area contributed by atoms with Crippen molar-refractivity contribution in [3.63, 3.8) is 0 Å². The quantitative estimate of drug-likeness (QED) is 0.599. The van der Waals surface area contributed by atoms with Gasteiger partial charge in [-0.15, -0.1) is 0 Å². The van der Waals surface area contributed by atoms with Gasteiger partial charge in [-0.2, -0.15) is 0 Å². The van der Waals surface area contributed by atoms with E-state index in [1.54, 1.807) is 18.3 Å². The molecule has 0 unspecified atom stereocenters. The van der Waals surface area contributed by atoms with Crippen molar-refractivity contribution in [2.75, 3.05) is 11.9 Å². The van der Waals surface area contributed by atoms with Gasteiger partial charge in [-0.25, -0.2) is 0 Å². The van der Waals surface area contributed by atoms with Crippen molar-refractivity contribution in [3.8, 4) is 0 Å². The van der Waals surface area contributed by atoms with Crippen molar-refractivity contribution < 1.29 is 9.59 Å². The predicted octanol–water partition coefficient (Wildman–Crippen LogP) is 4.64. The van der Waals surface area contributed by atoms with Crippen LogP contribution in [0.2, 0.25) is 5.02 Å². The highest BCUT2D eigenvalue weighted by Gasteiger charge is 2.69. The number of pyridine rings is 1. The average Bonchev–Trinajstić information content (AvgIpc) is 3.48. The largest absolute Gasteiger partial charge is 0.324 e. The summed E-state index contributed by atoms with van der Waals surface area (Å²) in [6, 6.07) is 21.0. The first-order chi connectivity index (χ1) is 15.6. The van der Waals surface area contributed by atoms with Gasteiger partial charge in [0.05, 0.1) is 5.92 Å². The van der Waals surface area contributed by atoms with Gasteiger partial charge in [-0.05, 0) is 55.3 Å². The second-order valence-electron chi connectivity index (χ2n) is 8.80. The first-order valence-corrected chi connectivity index (χ1v) is 11.4. The summed E-state index contributed by atoms with van der Waals surface area (Å²) in [6.45, 7) is 0.780. The van der Waals surface area contributed by atoms with Crippen LogP contribution in [-0.4, -0.2) is 34.2 Å². The number of Topliss-reactive ketones (excluding diaryl/α,β-unsaturated/α-hetero) is 1. The zero-order valence-electron chi connectivity index (χ0n) is 17.4. The van der Waals surface area contributed by atoms with Crippen LogP contribution in [0.3, 0.4) is 0 Å². The molecule has 0 radical (unpaired) electrons. The summed E-state index contributed by atoms with van der Waals surface area (Å²) in [5.41, 5.74) is 2.07. The molecule has 2 saturated heterocycles. The summed E-state index contributed by atoms with van der Waals surface area (Å²) in [4.78, 5) is 34.6. The molecule has 160 valence electrons. The van der Waals surface area contributed by atoms with Crippen LogP contribution in [0.15, 0.2) is 72.9 Å². The van der Waals surface area contributed by atoms with Crippen molar-refractivity contribution >= 4 is 29.0 Å². The number of fused-ring (bicyclic) bond motifs is 4. The minimum absolute atomic E-state index is 0.0887. The van der Waals surface area contributed by atoms with Gasteiger partial charge in [0.15, 0.2) is 5.78 Å². The van der Waals surface area contributed by atoms with Gasteiger partial charge in [0.2, 0.25) is 5.91 Å². The van der Waals surface area contributed by atoms with Crippen LogP contribution >= 0.6 is 11.6 Å². The fourth-order valence-electron chi connectivity index (χ4n) is 6.24. The molecule has 32 heavy (non-hydrogen) atoms. The predicted molar refractivity (Wildman–Crippen MR) is 123 cm³/mol. The number of halogens is 1. The molecule has 1 aromatic heterocycles. The zero-order valence-corrected chi connectivity index (χ0v) is 18.1. The number of ketones is 1. The van der Waals surface area contributed by atoms with Crippen LogP contribution < -0.4 is 5.32 Å². The van der Waals surface area contributed by atoms with Crippen molar-refractivity contribution in [2.45, 2.75) is 30.3 Å². The molecule has 5 nitrogen and oxygen atoms in total. The van der Waals surface area contributed by atoms with E-state index in [-0.39, 0.29) is 23.7 Å². The van der Waals surface area contributed by atoms with Crippen molar-refractivity contribution in [2.24, 2.45) is 5.92 Å². The molecule has 0 aliphatic carbocycles. The summed E-state index contributed by atoms with van der Waals surface area (Å²) in [5, 5.41) is 3.74. The fraction of sp³-hybridized carbons (Fsp3) is 0.269. The molecule has 2 aromatic carbocycles. The Kier molecular flexibility index (Phi) is 4.46.